The first-order valence-electron chi connectivity index (χ1n) is 6.20. The minimum Gasteiger partial charge on any atom is -0.323 e. The largest absolute Gasteiger partial charge is 0.323 e. The van der Waals surface area contributed by atoms with E-state index in [0.717, 1.165) is 18.5 Å². The highest BCUT2D eigenvalue weighted by Gasteiger charge is 2.11. The van der Waals surface area contributed by atoms with Crippen molar-refractivity contribution in [2.45, 2.75) is 32.4 Å². The molecule has 2 aromatic rings. The maximum absolute atomic E-state index is 13.8. The van der Waals surface area contributed by atoms with Crippen LogP contribution in [0.1, 0.15) is 37.1 Å². The molecule has 0 fully saturated rings. The van der Waals surface area contributed by atoms with Crippen molar-refractivity contribution in [1.82, 2.24) is 15.0 Å². The molecule has 0 aliphatic rings. The number of aromatic nitrogens is 3. The second-order valence-electron chi connectivity index (χ2n) is 4.45. The SMILES string of the molecule is CCCC(N)c1cn(Cc2cccc(Cl)c2F)nn1. The number of hydrogen-bond acceptors (Lipinski definition) is 3. The summed E-state index contributed by atoms with van der Waals surface area (Å²) in [4.78, 5) is 0. The van der Waals surface area contributed by atoms with Crippen LogP contribution in [0.5, 0.6) is 0 Å². The lowest BCUT2D eigenvalue weighted by molar-refractivity contribution is 0.577. The van der Waals surface area contributed by atoms with E-state index in [0.29, 0.717) is 5.56 Å². The lowest BCUT2D eigenvalue weighted by Gasteiger charge is -2.05. The standard InChI is InChI=1S/C13H16ClFN4/c1-2-4-11(16)12-8-19(18-17-12)7-9-5-3-6-10(14)13(9)15/h3,5-6,8,11H,2,4,7,16H2,1H3. The molecule has 0 spiro atoms. The van der Waals surface area contributed by atoms with Gasteiger partial charge in [-0.15, -0.1) is 5.10 Å². The third kappa shape index (κ3) is 3.30. The second-order valence-corrected chi connectivity index (χ2v) is 4.86. The molecule has 2 rings (SSSR count). The molecule has 0 saturated carbocycles. The summed E-state index contributed by atoms with van der Waals surface area (Å²) in [7, 11) is 0. The third-order valence-corrected chi connectivity index (χ3v) is 3.19. The van der Waals surface area contributed by atoms with Gasteiger partial charge in [0.25, 0.3) is 0 Å². The Morgan fingerprint density at radius 1 is 1.47 bits per heavy atom. The first kappa shape index (κ1) is 14.0. The first-order valence-corrected chi connectivity index (χ1v) is 6.58. The van der Waals surface area contributed by atoms with Gasteiger partial charge in [-0.2, -0.15) is 0 Å². The number of hydrogen-bond donors (Lipinski definition) is 1. The molecule has 1 atom stereocenters. The normalized spacial score (nSPS) is 12.6. The molecule has 19 heavy (non-hydrogen) atoms. The number of halogens is 2. The van der Waals surface area contributed by atoms with E-state index in [2.05, 4.69) is 17.2 Å². The van der Waals surface area contributed by atoms with Crippen LogP contribution < -0.4 is 5.73 Å². The molecular weight excluding hydrogens is 267 g/mol. The Labute approximate surface area is 116 Å². The van der Waals surface area contributed by atoms with Crippen LogP contribution in [0.25, 0.3) is 0 Å². The van der Waals surface area contributed by atoms with Gasteiger partial charge in [-0.1, -0.05) is 42.3 Å². The molecule has 0 bridgehead atoms. The van der Waals surface area contributed by atoms with Crippen molar-refractivity contribution >= 4 is 11.6 Å². The molecule has 0 aliphatic heterocycles. The van der Waals surface area contributed by atoms with Gasteiger partial charge in [0, 0.05) is 5.56 Å². The molecule has 1 unspecified atom stereocenters. The highest BCUT2D eigenvalue weighted by atomic mass is 35.5. The highest BCUT2D eigenvalue weighted by Crippen LogP contribution is 2.19. The fourth-order valence-corrected chi connectivity index (χ4v) is 2.06. The van der Waals surface area contributed by atoms with Gasteiger partial charge in [-0.3, -0.25) is 0 Å². The van der Waals surface area contributed by atoms with Crippen LogP contribution in [0.2, 0.25) is 5.02 Å². The summed E-state index contributed by atoms with van der Waals surface area (Å²) in [6, 6.07) is 4.78. The van der Waals surface area contributed by atoms with E-state index in [1.54, 1.807) is 23.0 Å². The number of nitrogens with two attached hydrogens (primary N) is 1. The van der Waals surface area contributed by atoms with Gasteiger partial charge in [0.1, 0.15) is 5.82 Å². The van der Waals surface area contributed by atoms with Crippen LogP contribution in [-0.2, 0) is 6.54 Å². The Morgan fingerprint density at radius 3 is 3.00 bits per heavy atom. The molecule has 0 saturated heterocycles. The van der Waals surface area contributed by atoms with Gasteiger partial charge >= 0.3 is 0 Å². The summed E-state index contributed by atoms with van der Waals surface area (Å²) < 4.78 is 15.3. The molecule has 0 aliphatic carbocycles. The van der Waals surface area contributed by atoms with Gasteiger partial charge in [-0.25, -0.2) is 9.07 Å². The molecule has 0 amide bonds. The summed E-state index contributed by atoms with van der Waals surface area (Å²) in [6.07, 6.45) is 3.59. The topological polar surface area (TPSA) is 56.7 Å². The predicted molar refractivity (Wildman–Crippen MR) is 72.4 cm³/mol. The average molecular weight is 283 g/mol. The second kappa shape index (κ2) is 6.12. The molecule has 4 nitrogen and oxygen atoms in total. The number of nitrogens with zero attached hydrogens (tertiary/aromatic N) is 3. The third-order valence-electron chi connectivity index (χ3n) is 2.90. The highest BCUT2D eigenvalue weighted by molar-refractivity contribution is 6.30. The molecule has 1 aromatic carbocycles. The number of rotatable bonds is 5. The van der Waals surface area contributed by atoms with Crippen molar-refractivity contribution in [3.05, 3.63) is 46.5 Å². The Kier molecular flexibility index (Phi) is 4.50. The van der Waals surface area contributed by atoms with Crippen molar-refractivity contribution < 1.29 is 4.39 Å². The number of benzene rings is 1. The zero-order chi connectivity index (χ0) is 13.8. The Balaban J connectivity index is 2.14. The van der Waals surface area contributed by atoms with E-state index in [-0.39, 0.29) is 17.6 Å². The van der Waals surface area contributed by atoms with Gasteiger partial charge in [0.15, 0.2) is 0 Å². The van der Waals surface area contributed by atoms with Crippen LogP contribution in [0, 0.1) is 5.82 Å². The Morgan fingerprint density at radius 2 is 2.26 bits per heavy atom. The van der Waals surface area contributed by atoms with Crippen LogP contribution in [0.15, 0.2) is 24.4 Å². The maximum atomic E-state index is 13.8. The van der Waals surface area contributed by atoms with E-state index >= 15 is 0 Å². The van der Waals surface area contributed by atoms with Crippen molar-refractivity contribution in [2.75, 3.05) is 0 Å². The Hall–Kier alpha value is -1.46. The molecular formula is C13H16ClFN4. The molecule has 0 radical (unpaired) electrons. The molecule has 2 N–H and O–H groups in total. The van der Waals surface area contributed by atoms with Crippen molar-refractivity contribution in [2.24, 2.45) is 5.73 Å². The fourth-order valence-electron chi connectivity index (χ4n) is 1.86. The van der Waals surface area contributed by atoms with E-state index in [4.69, 9.17) is 17.3 Å². The van der Waals surface area contributed by atoms with Crippen LogP contribution in [0.4, 0.5) is 4.39 Å². The summed E-state index contributed by atoms with van der Waals surface area (Å²) in [6.45, 7) is 2.35. The van der Waals surface area contributed by atoms with Crippen molar-refractivity contribution in [1.29, 1.82) is 0 Å². The molecule has 6 heteroatoms. The van der Waals surface area contributed by atoms with Crippen LogP contribution in [0.3, 0.4) is 0 Å². The van der Waals surface area contributed by atoms with Gasteiger partial charge in [-0.05, 0) is 12.5 Å². The summed E-state index contributed by atoms with van der Waals surface area (Å²) in [5.41, 5.74) is 7.16. The van der Waals surface area contributed by atoms with Crippen LogP contribution >= 0.6 is 11.6 Å². The molecule has 1 aromatic heterocycles. The van der Waals surface area contributed by atoms with Gasteiger partial charge < -0.3 is 5.73 Å². The van der Waals surface area contributed by atoms with E-state index in [9.17, 15) is 4.39 Å². The lowest BCUT2D eigenvalue weighted by atomic mass is 10.1. The summed E-state index contributed by atoms with van der Waals surface area (Å²) in [5.74, 6) is -0.418. The monoisotopic (exact) mass is 282 g/mol. The van der Waals surface area contributed by atoms with Crippen molar-refractivity contribution in [3.63, 3.8) is 0 Å². The minimum absolute atomic E-state index is 0.112. The maximum Gasteiger partial charge on any atom is 0.146 e. The van der Waals surface area contributed by atoms with Crippen LogP contribution in [-0.4, -0.2) is 15.0 Å². The fraction of sp³-hybridized carbons (Fsp3) is 0.385. The zero-order valence-corrected chi connectivity index (χ0v) is 11.4. The summed E-state index contributed by atoms with van der Waals surface area (Å²) in [5, 5.41) is 8.09. The molecule has 102 valence electrons. The predicted octanol–water partition coefficient (Wildman–Crippen LogP) is 2.92. The minimum atomic E-state index is -0.418. The van der Waals surface area contributed by atoms with E-state index in [1.807, 2.05) is 0 Å². The van der Waals surface area contributed by atoms with E-state index in [1.165, 1.54) is 6.07 Å². The smallest absolute Gasteiger partial charge is 0.146 e. The Bertz CT molecular complexity index is 555. The van der Waals surface area contributed by atoms with Gasteiger partial charge in [0.2, 0.25) is 0 Å². The quantitative estimate of drug-likeness (QED) is 0.917. The lowest BCUT2D eigenvalue weighted by Crippen LogP contribution is -2.10. The first-order chi connectivity index (χ1) is 9.11. The van der Waals surface area contributed by atoms with E-state index < -0.39 is 5.82 Å². The zero-order valence-electron chi connectivity index (χ0n) is 10.7. The van der Waals surface area contributed by atoms with Gasteiger partial charge in [0.05, 0.1) is 29.5 Å². The van der Waals surface area contributed by atoms with Crippen molar-refractivity contribution in [3.8, 4) is 0 Å². The average Bonchev–Trinajstić information content (AvgIpc) is 2.84. The molecule has 1 heterocycles. The summed E-state index contributed by atoms with van der Waals surface area (Å²) >= 11 is 5.74.